The van der Waals surface area contributed by atoms with Crippen molar-refractivity contribution in [2.75, 3.05) is 34.4 Å². The summed E-state index contributed by atoms with van der Waals surface area (Å²) in [4.78, 5) is 44.9. The highest BCUT2D eigenvalue weighted by atomic mass is 16.5. The maximum absolute atomic E-state index is 14.0. The van der Waals surface area contributed by atoms with Crippen molar-refractivity contribution in [1.29, 1.82) is 0 Å². The van der Waals surface area contributed by atoms with Crippen LogP contribution in [0, 0.1) is 17.8 Å². The topological polar surface area (TPSA) is 120 Å². The Morgan fingerprint density at radius 3 is 2.26 bits per heavy atom. The number of carbonyl (C=O) groups is 3. The van der Waals surface area contributed by atoms with Gasteiger partial charge in [0.25, 0.3) is 0 Å². The molecule has 1 aliphatic rings. The van der Waals surface area contributed by atoms with Crippen molar-refractivity contribution in [3.8, 4) is 0 Å². The minimum absolute atomic E-state index is 0.0361. The molecule has 3 amide bonds. The summed E-state index contributed by atoms with van der Waals surface area (Å²) in [6.07, 6.45) is 0.493. The van der Waals surface area contributed by atoms with Crippen molar-refractivity contribution >= 4 is 17.7 Å². The molecule has 1 saturated heterocycles. The number of rotatable bonds is 19. The molecule has 1 heterocycles. The van der Waals surface area contributed by atoms with Gasteiger partial charge in [0.05, 0.1) is 54.8 Å². The van der Waals surface area contributed by atoms with E-state index in [1.807, 2.05) is 63.1 Å². The Labute approximate surface area is 283 Å². The van der Waals surface area contributed by atoms with Gasteiger partial charge in [0.1, 0.15) is 0 Å². The number of methoxy groups -OCH3 is 2. The van der Waals surface area contributed by atoms with Crippen LogP contribution in [-0.4, -0.2) is 103 Å². The van der Waals surface area contributed by atoms with Crippen molar-refractivity contribution in [2.45, 2.75) is 117 Å². The Morgan fingerprint density at radius 2 is 1.72 bits per heavy atom. The van der Waals surface area contributed by atoms with Gasteiger partial charge in [-0.3, -0.25) is 14.4 Å². The number of aliphatic hydroxyl groups is 1. The molecule has 1 aliphatic heterocycles. The molecular formula is C37H62N4O6. The molecule has 0 saturated carbocycles. The van der Waals surface area contributed by atoms with E-state index >= 15 is 0 Å². The summed E-state index contributed by atoms with van der Waals surface area (Å²) in [5.41, 5.74) is 1.67. The maximum atomic E-state index is 14.0. The van der Waals surface area contributed by atoms with E-state index in [2.05, 4.69) is 31.1 Å². The van der Waals surface area contributed by atoms with Crippen LogP contribution in [0.3, 0.4) is 0 Å². The lowest BCUT2D eigenvalue weighted by Crippen LogP contribution is -2.57. The van der Waals surface area contributed by atoms with Crippen molar-refractivity contribution < 1.29 is 29.0 Å². The van der Waals surface area contributed by atoms with Gasteiger partial charge in [-0.1, -0.05) is 83.5 Å². The standard InChI is InChI=1S/C37H62N4O6/c1-12-25(6)33(40(9)37(45)32(24(4)5)38-22-23(2)3)30(46-10)21-31(42)41-20-16-19-29(41)35(47-11)26(7)36(44)39-27(8)34(43)28-17-14-13-15-18-28/h13-15,17-18,24-27,29-30,32-35,38,43H,2,12,16,19-22H2,1,3-11H3,(H,39,44)/t25-,26+,27+,29-,30+,32-,33-,34+,35+/m0/s1. The highest BCUT2D eigenvalue weighted by molar-refractivity contribution is 5.83. The molecular weight excluding hydrogens is 596 g/mol. The molecule has 1 aromatic rings. The first-order valence-electron chi connectivity index (χ1n) is 17.2. The van der Waals surface area contributed by atoms with Gasteiger partial charge in [0.15, 0.2) is 0 Å². The number of hydrogen-bond donors (Lipinski definition) is 3. The van der Waals surface area contributed by atoms with Crippen LogP contribution >= 0.6 is 0 Å². The van der Waals surface area contributed by atoms with E-state index in [1.54, 1.807) is 33.0 Å². The maximum Gasteiger partial charge on any atom is 0.240 e. The molecule has 266 valence electrons. The molecule has 1 aromatic carbocycles. The lowest BCUT2D eigenvalue weighted by molar-refractivity contribution is -0.147. The number of ether oxygens (including phenoxy) is 2. The zero-order valence-electron chi connectivity index (χ0n) is 30.5. The van der Waals surface area contributed by atoms with Gasteiger partial charge in [-0.05, 0) is 44.1 Å². The number of hydrogen-bond acceptors (Lipinski definition) is 7. The van der Waals surface area contributed by atoms with Crippen LogP contribution in [0.4, 0.5) is 0 Å². The summed E-state index contributed by atoms with van der Waals surface area (Å²) >= 11 is 0. The smallest absolute Gasteiger partial charge is 0.240 e. The number of aliphatic hydroxyl groups excluding tert-OH is 1. The van der Waals surface area contributed by atoms with Crippen molar-refractivity contribution in [3.63, 3.8) is 0 Å². The van der Waals surface area contributed by atoms with Gasteiger partial charge in [-0.2, -0.15) is 0 Å². The first-order valence-corrected chi connectivity index (χ1v) is 17.2. The molecule has 3 N–H and O–H groups in total. The summed E-state index contributed by atoms with van der Waals surface area (Å²) in [6, 6.07) is 7.70. The van der Waals surface area contributed by atoms with Crippen molar-refractivity contribution in [2.24, 2.45) is 17.8 Å². The van der Waals surface area contributed by atoms with E-state index in [0.717, 1.165) is 24.0 Å². The molecule has 0 unspecified atom stereocenters. The van der Waals surface area contributed by atoms with Gasteiger partial charge < -0.3 is 35.0 Å². The molecule has 10 nitrogen and oxygen atoms in total. The Kier molecular flexibility index (Phi) is 16.6. The number of likely N-dealkylation sites (N-methyl/N-ethyl adjacent to an activating group) is 1. The fourth-order valence-electron chi connectivity index (χ4n) is 6.79. The molecule has 0 radical (unpaired) electrons. The third-order valence-electron chi connectivity index (χ3n) is 9.80. The van der Waals surface area contributed by atoms with Crippen LogP contribution in [0.1, 0.15) is 85.8 Å². The Bertz CT molecular complexity index is 1150. The van der Waals surface area contributed by atoms with E-state index in [-0.39, 0.29) is 48.1 Å². The highest BCUT2D eigenvalue weighted by Crippen LogP contribution is 2.30. The lowest BCUT2D eigenvalue weighted by atomic mass is 9.89. The third kappa shape index (κ3) is 10.9. The van der Waals surface area contributed by atoms with Crippen LogP contribution in [0.2, 0.25) is 0 Å². The summed E-state index contributed by atoms with van der Waals surface area (Å²) in [5, 5.41) is 17.1. The summed E-state index contributed by atoms with van der Waals surface area (Å²) in [6.45, 7) is 18.8. The zero-order valence-corrected chi connectivity index (χ0v) is 30.5. The van der Waals surface area contributed by atoms with Gasteiger partial charge >= 0.3 is 0 Å². The second kappa shape index (κ2) is 19.3. The largest absolute Gasteiger partial charge is 0.386 e. The monoisotopic (exact) mass is 658 g/mol. The Hall–Kier alpha value is -2.79. The fourth-order valence-corrected chi connectivity index (χ4v) is 6.79. The average Bonchev–Trinajstić information content (AvgIpc) is 3.53. The number of likely N-dealkylation sites (tertiary alicyclic amines) is 1. The number of carbonyl (C=O) groups excluding carboxylic acids is 3. The van der Waals surface area contributed by atoms with E-state index in [9.17, 15) is 19.5 Å². The van der Waals surface area contributed by atoms with E-state index in [0.29, 0.717) is 19.5 Å². The van der Waals surface area contributed by atoms with Crippen molar-refractivity contribution in [1.82, 2.24) is 20.4 Å². The van der Waals surface area contributed by atoms with Crippen LogP contribution in [-0.2, 0) is 23.9 Å². The summed E-state index contributed by atoms with van der Waals surface area (Å²) in [7, 11) is 4.98. The molecule has 0 spiro atoms. The first-order chi connectivity index (χ1) is 22.2. The summed E-state index contributed by atoms with van der Waals surface area (Å²) in [5.74, 6) is -0.801. The van der Waals surface area contributed by atoms with Crippen LogP contribution in [0.15, 0.2) is 42.5 Å². The normalized spacial score (nSPS) is 20.1. The van der Waals surface area contributed by atoms with Crippen LogP contribution in [0.5, 0.6) is 0 Å². The second-order valence-corrected chi connectivity index (χ2v) is 13.8. The summed E-state index contributed by atoms with van der Waals surface area (Å²) < 4.78 is 11.9. The number of amides is 3. The Balaban J connectivity index is 2.20. The van der Waals surface area contributed by atoms with Gasteiger partial charge in [0, 0.05) is 34.4 Å². The van der Waals surface area contributed by atoms with E-state index < -0.39 is 36.3 Å². The number of nitrogens with one attached hydrogen (secondary N) is 2. The van der Waals surface area contributed by atoms with E-state index in [4.69, 9.17) is 9.47 Å². The van der Waals surface area contributed by atoms with Gasteiger partial charge in [0.2, 0.25) is 17.7 Å². The highest BCUT2D eigenvalue weighted by Gasteiger charge is 2.42. The molecule has 47 heavy (non-hydrogen) atoms. The number of benzene rings is 1. The minimum atomic E-state index is -0.856. The second-order valence-electron chi connectivity index (χ2n) is 13.8. The molecule has 10 heteroatoms. The Morgan fingerprint density at radius 1 is 1.09 bits per heavy atom. The predicted molar refractivity (Wildman–Crippen MR) is 187 cm³/mol. The predicted octanol–water partition coefficient (Wildman–Crippen LogP) is 4.34. The molecule has 9 atom stereocenters. The first kappa shape index (κ1) is 40.4. The lowest BCUT2D eigenvalue weighted by Gasteiger charge is -2.41. The molecule has 0 aliphatic carbocycles. The van der Waals surface area contributed by atoms with E-state index in [1.165, 1.54) is 0 Å². The van der Waals surface area contributed by atoms with Crippen molar-refractivity contribution in [3.05, 3.63) is 48.0 Å². The van der Waals surface area contributed by atoms with Gasteiger partial charge in [-0.15, -0.1) is 0 Å². The minimum Gasteiger partial charge on any atom is -0.386 e. The average molecular weight is 659 g/mol. The molecule has 0 aromatic heterocycles. The SMILES string of the molecule is C=C(C)CN[C@H](C(=O)N(C)[C@@H]([C@@H](C)CC)[C@@H](CC(=O)N1CCC[C@H]1[C@H](OC)[C@@H](C)C(=O)N[C@H](C)[C@@H](O)c1ccccc1)OC)C(C)C. The van der Waals surface area contributed by atoms with Crippen LogP contribution < -0.4 is 10.6 Å². The molecule has 1 fully saturated rings. The fraction of sp³-hybridized carbons (Fsp3) is 0.703. The molecule has 0 bridgehead atoms. The number of nitrogens with zero attached hydrogens (tertiary/aromatic N) is 2. The molecule has 2 rings (SSSR count). The van der Waals surface area contributed by atoms with Crippen LogP contribution in [0.25, 0.3) is 0 Å². The zero-order chi connectivity index (χ0) is 35.4. The quantitative estimate of drug-likeness (QED) is 0.189. The third-order valence-corrected chi connectivity index (χ3v) is 9.80. The van der Waals surface area contributed by atoms with Gasteiger partial charge in [-0.25, -0.2) is 0 Å².